The van der Waals surface area contributed by atoms with E-state index in [2.05, 4.69) is 39.6 Å². The first-order valence-electron chi connectivity index (χ1n) is 6.85. The highest BCUT2D eigenvalue weighted by Crippen LogP contribution is 2.20. The summed E-state index contributed by atoms with van der Waals surface area (Å²) in [5.41, 5.74) is 1.13. The molecule has 2 rings (SSSR count). The lowest BCUT2D eigenvalue weighted by Gasteiger charge is -2.28. The van der Waals surface area contributed by atoms with Gasteiger partial charge in [0.2, 0.25) is 5.91 Å². The predicted molar refractivity (Wildman–Crippen MR) is 80.9 cm³/mol. The van der Waals surface area contributed by atoms with Crippen molar-refractivity contribution in [2.24, 2.45) is 5.92 Å². The van der Waals surface area contributed by atoms with Crippen molar-refractivity contribution in [3.05, 3.63) is 34.3 Å². The van der Waals surface area contributed by atoms with Crippen LogP contribution in [-0.4, -0.2) is 18.5 Å². The van der Waals surface area contributed by atoms with E-state index >= 15 is 0 Å². The Bertz CT molecular complexity index is 450. The average Bonchev–Trinajstić information content (AvgIpc) is 2.38. The maximum Gasteiger partial charge on any atom is 0.223 e. The zero-order valence-corrected chi connectivity index (χ0v) is 13.0. The van der Waals surface area contributed by atoms with Crippen molar-refractivity contribution in [3.63, 3.8) is 0 Å². The van der Waals surface area contributed by atoms with Crippen molar-refractivity contribution in [1.82, 2.24) is 10.6 Å². The quantitative estimate of drug-likeness (QED) is 0.897. The lowest BCUT2D eigenvalue weighted by atomic mass is 9.92. The minimum atomic E-state index is 0.0511. The molecule has 0 saturated carbocycles. The number of nitrogens with one attached hydrogen (secondary N) is 2. The summed E-state index contributed by atoms with van der Waals surface area (Å²) in [5.74, 6) is 0.326. The Kier molecular flexibility index (Phi) is 4.99. The summed E-state index contributed by atoms with van der Waals surface area (Å²) in [6.45, 7) is 5.10. The van der Waals surface area contributed by atoms with E-state index in [9.17, 15) is 4.79 Å². The van der Waals surface area contributed by atoms with Crippen LogP contribution >= 0.6 is 15.9 Å². The zero-order chi connectivity index (χ0) is 13.8. The topological polar surface area (TPSA) is 41.1 Å². The SMILES string of the molecule is CC1CC(C(=O)N[C@@H](C)c2cccc(Br)c2)CCN1. The largest absolute Gasteiger partial charge is 0.349 e. The normalized spacial score (nSPS) is 24.8. The van der Waals surface area contributed by atoms with Crippen LogP contribution in [-0.2, 0) is 4.79 Å². The van der Waals surface area contributed by atoms with Crippen molar-refractivity contribution in [2.45, 2.75) is 38.8 Å². The highest BCUT2D eigenvalue weighted by Gasteiger charge is 2.25. The molecule has 0 spiro atoms. The molecule has 3 atom stereocenters. The van der Waals surface area contributed by atoms with Crippen LogP contribution in [0.3, 0.4) is 0 Å². The molecule has 1 fully saturated rings. The van der Waals surface area contributed by atoms with E-state index in [0.29, 0.717) is 6.04 Å². The van der Waals surface area contributed by atoms with E-state index < -0.39 is 0 Å². The van der Waals surface area contributed by atoms with E-state index in [-0.39, 0.29) is 17.9 Å². The van der Waals surface area contributed by atoms with Crippen molar-refractivity contribution in [3.8, 4) is 0 Å². The number of carbonyl (C=O) groups excluding carboxylic acids is 1. The van der Waals surface area contributed by atoms with Crippen LogP contribution in [0, 0.1) is 5.92 Å². The monoisotopic (exact) mass is 324 g/mol. The molecule has 2 N–H and O–H groups in total. The van der Waals surface area contributed by atoms with Crippen molar-refractivity contribution >= 4 is 21.8 Å². The molecule has 0 aliphatic carbocycles. The Morgan fingerprint density at radius 3 is 3.00 bits per heavy atom. The fourth-order valence-corrected chi connectivity index (χ4v) is 2.98. The number of benzene rings is 1. The average molecular weight is 325 g/mol. The van der Waals surface area contributed by atoms with Crippen LogP contribution in [0.1, 0.15) is 38.3 Å². The van der Waals surface area contributed by atoms with E-state index in [1.807, 2.05) is 25.1 Å². The second-order valence-electron chi connectivity index (χ2n) is 5.36. The first-order chi connectivity index (χ1) is 9.06. The summed E-state index contributed by atoms with van der Waals surface area (Å²) >= 11 is 3.46. The Morgan fingerprint density at radius 1 is 1.53 bits per heavy atom. The molecule has 1 amide bonds. The smallest absolute Gasteiger partial charge is 0.223 e. The van der Waals surface area contributed by atoms with Gasteiger partial charge in [0, 0.05) is 16.4 Å². The molecular formula is C15H21BrN2O. The maximum atomic E-state index is 12.3. The van der Waals surface area contributed by atoms with Gasteiger partial charge in [-0.3, -0.25) is 4.79 Å². The summed E-state index contributed by atoms with van der Waals surface area (Å²) in [4.78, 5) is 12.3. The Hall–Kier alpha value is -0.870. The highest BCUT2D eigenvalue weighted by atomic mass is 79.9. The van der Waals surface area contributed by atoms with Gasteiger partial charge in [0.1, 0.15) is 0 Å². The number of amides is 1. The van der Waals surface area contributed by atoms with Gasteiger partial charge in [-0.15, -0.1) is 0 Å². The number of halogens is 1. The number of hydrogen-bond donors (Lipinski definition) is 2. The van der Waals surface area contributed by atoms with Crippen LogP contribution < -0.4 is 10.6 Å². The number of piperidine rings is 1. The minimum Gasteiger partial charge on any atom is -0.349 e. The Balaban J connectivity index is 1.94. The number of carbonyl (C=O) groups is 1. The van der Waals surface area contributed by atoms with E-state index in [1.54, 1.807) is 0 Å². The van der Waals surface area contributed by atoms with E-state index in [0.717, 1.165) is 29.4 Å². The van der Waals surface area contributed by atoms with Gasteiger partial charge in [-0.2, -0.15) is 0 Å². The molecule has 104 valence electrons. The molecule has 0 aromatic heterocycles. The van der Waals surface area contributed by atoms with Gasteiger partial charge in [-0.25, -0.2) is 0 Å². The maximum absolute atomic E-state index is 12.3. The third-order valence-electron chi connectivity index (χ3n) is 3.70. The van der Waals surface area contributed by atoms with Crippen LogP contribution in [0.25, 0.3) is 0 Å². The Morgan fingerprint density at radius 2 is 2.32 bits per heavy atom. The third kappa shape index (κ3) is 4.05. The molecule has 4 heteroatoms. The van der Waals surface area contributed by atoms with E-state index in [4.69, 9.17) is 0 Å². The van der Waals surface area contributed by atoms with Crippen molar-refractivity contribution in [1.29, 1.82) is 0 Å². The molecule has 1 aromatic rings. The lowest BCUT2D eigenvalue weighted by Crippen LogP contribution is -2.42. The van der Waals surface area contributed by atoms with Gasteiger partial charge in [0.15, 0.2) is 0 Å². The zero-order valence-electron chi connectivity index (χ0n) is 11.4. The second kappa shape index (κ2) is 6.53. The fraction of sp³-hybridized carbons (Fsp3) is 0.533. The molecule has 1 aliphatic heterocycles. The summed E-state index contributed by atoms with van der Waals surface area (Å²) in [5, 5.41) is 6.50. The number of rotatable bonds is 3. The lowest BCUT2D eigenvalue weighted by molar-refractivity contribution is -0.126. The predicted octanol–water partition coefficient (Wildman–Crippen LogP) is 3.01. The summed E-state index contributed by atoms with van der Waals surface area (Å²) in [6.07, 6.45) is 1.86. The molecule has 19 heavy (non-hydrogen) atoms. The van der Waals surface area contributed by atoms with Gasteiger partial charge in [0.25, 0.3) is 0 Å². The molecule has 3 nitrogen and oxygen atoms in total. The molecule has 1 aromatic carbocycles. The molecule has 2 unspecified atom stereocenters. The first kappa shape index (κ1) is 14.5. The van der Waals surface area contributed by atoms with Crippen molar-refractivity contribution in [2.75, 3.05) is 6.54 Å². The fourth-order valence-electron chi connectivity index (χ4n) is 2.56. The molecule has 1 saturated heterocycles. The van der Waals surface area contributed by atoms with Gasteiger partial charge >= 0.3 is 0 Å². The van der Waals surface area contributed by atoms with Gasteiger partial charge in [-0.1, -0.05) is 28.1 Å². The van der Waals surface area contributed by atoms with Crippen LogP contribution in [0.2, 0.25) is 0 Å². The second-order valence-corrected chi connectivity index (χ2v) is 6.28. The van der Waals surface area contributed by atoms with Crippen molar-refractivity contribution < 1.29 is 4.79 Å². The number of hydrogen-bond acceptors (Lipinski definition) is 2. The summed E-state index contributed by atoms with van der Waals surface area (Å²) < 4.78 is 1.04. The summed E-state index contributed by atoms with van der Waals surface area (Å²) in [6, 6.07) is 8.57. The van der Waals surface area contributed by atoms with E-state index in [1.165, 1.54) is 0 Å². The molecular weight excluding hydrogens is 304 g/mol. The van der Waals surface area contributed by atoms with Gasteiger partial charge in [0.05, 0.1) is 6.04 Å². The molecule has 0 radical (unpaired) electrons. The molecule has 1 aliphatic rings. The molecule has 0 bridgehead atoms. The van der Waals surface area contributed by atoms with Crippen LogP contribution in [0.5, 0.6) is 0 Å². The minimum absolute atomic E-state index is 0.0511. The Labute approximate surface area is 123 Å². The third-order valence-corrected chi connectivity index (χ3v) is 4.20. The molecule has 1 heterocycles. The van der Waals surface area contributed by atoms with Crippen LogP contribution in [0.4, 0.5) is 0 Å². The van der Waals surface area contributed by atoms with Gasteiger partial charge < -0.3 is 10.6 Å². The summed E-state index contributed by atoms with van der Waals surface area (Å²) in [7, 11) is 0. The first-order valence-corrected chi connectivity index (χ1v) is 7.65. The van der Waals surface area contributed by atoms with Crippen LogP contribution in [0.15, 0.2) is 28.7 Å². The van der Waals surface area contributed by atoms with Gasteiger partial charge in [-0.05, 0) is 50.9 Å². The standard InChI is InChI=1S/C15H21BrN2O/c1-10-8-13(6-7-17-10)15(19)18-11(2)12-4-3-5-14(16)9-12/h3-5,9-11,13,17H,6-8H2,1-2H3,(H,18,19)/t10?,11-,13?/m0/s1. The highest BCUT2D eigenvalue weighted by molar-refractivity contribution is 9.10.